The number of fused-ring (bicyclic) bond motifs is 3. The summed E-state index contributed by atoms with van der Waals surface area (Å²) < 4.78 is 0. The number of carbonyl (C=O) groups excluding carboxylic acids is 3. The van der Waals surface area contributed by atoms with Crippen molar-refractivity contribution >= 4 is 17.5 Å². The summed E-state index contributed by atoms with van der Waals surface area (Å²) in [6.07, 6.45) is 0.112. The molecule has 1 amide bonds. The van der Waals surface area contributed by atoms with E-state index in [-0.39, 0.29) is 29.2 Å². The lowest BCUT2D eigenvalue weighted by Gasteiger charge is -2.49. The Bertz CT molecular complexity index is 1050. The van der Waals surface area contributed by atoms with Gasteiger partial charge in [0.15, 0.2) is 11.4 Å². The minimum absolute atomic E-state index is 0.0182. The Balaban J connectivity index is 1.98. The van der Waals surface area contributed by atoms with E-state index < -0.39 is 57.9 Å². The predicted molar refractivity (Wildman–Crippen MR) is 100 cm³/mol. The number of aromatic hydroxyl groups is 1. The zero-order chi connectivity index (χ0) is 21.4. The van der Waals surface area contributed by atoms with Crippen LogP contribution in [0.3, 0.4) is 0 Å². The van der Waals surface area contributed by atoms with Gasteiger partial charge in [-0.2, -0.15) is 0 Å². The molecule has 0 bridgehead atoms. The highest BCUT2D eigenvalue weighted by Crippen LogP contribution is 2.55. The van der Waals surface area contributed by atoms with E-state index in [4.69, 9.17) is 5.73 Å². The number of hydrogen-bond acceptors (Lipinski definition) is 7. The summed E-state index contributed by atoms with van der Waals surface area (Å²) in [6.45, 7) is 3.35. The second kappa shape index (κ2) is 5.93. The highest BCUT2D eigenvalue weighted by molar-refractivity contribution is 6.24. The molecule has 0 heterocycles. The molecule has 0 fully saturated rings. The van der Waals surface area contributed by atoms with Gasteiger partial charge in [0, 0.05) is 17.4 Å². The first-order valence-electron chi connectivity index (χ1n) is 9.33. The quantitative estimate of drug-likeness (QED) is 0.446. The van der Waals surface area contributed by atoms with E-state index in [1.807, 2.05) is 6.92 Å². The Morgan fingerprint density at radius 1 is 1.14 bits per heavy atom. The fourth-order valence-electron chi connectivity index (χ4n) is 5.19. The Morgan fingerprint density at radius 3 is 2.41 bits per heavy atom. The van der Waals surface area contributed by atoms with E-state index in [0.717, 1.165) is 0 Å². The molecule has 1 aromatic rings. The maximum atomic E-state index is 13.2. The minimum Gasteiger partial charge on any atom is -0.511 e. The number of aliphatic hydroxyl groups is 3. The Labute approximate surface area is 166 Å². The molecule has 4 rings (SSSR count). The smallest absolute Gasteiger partial charge is 0.255 e. The molecule has 0 saturated carbocycles. The van der Waals surface area contributed by atoms with E-state index in [0.29, 0.717) is 5.56 Å². The zero-order valence-corrected chi connectivity index (χ0v) is 15.8. The summed E-state index contributed by atoms with van der Waals surface area (Å²) in [5.74, 6) is -7.40. The van der Waals surface area contributed by atoms with Gasteiger partial charge < -0.3 is 26.2 Å². The molecule has 0 aromatic heterocycles. The van der Waals surface area contributed by atoms with Gasteiger partial charge in [-0.05, 0) is 29.9 Å². The van der Waals surface area contributed by atoms with Gasteiger partial charge in [0.2, 0.25) is 5.78 Å². The van der Waals surface area contributed by atoms with Crippen molar-refractivity contribution in [1.82, 2.24) is 0 Å². The number of rotatable bonds is 1. The third-order valence-corrected chi connectivity index (χ3v) is 6.78. The van der Waals surface area contributed by atoms with Gasteiger partial charge in [0.25, 0.3) is 5.91 Å². The molecule has 3 aliphatic rings. The van der Waals surface area contributed by atoms with Crippen LogP contribution in [0.2, 0.25) is 0 Å². The van der Waals surface area contributed by atoms with Crippen molar-refractivity contribution in [3.63, 3.8) is 0 Å². The maximum absolute atomic E-state index is 13.2. The molecule has 0 radical (unpaired) electrons. The van der Waals surface area contributed by atoms with Crippen LogP contribution < -0.4 is 5.73 Å². The molecule has 6 N–H and O–H groups in total. The van der Waals surface area contributed by atoms with Gasteiger partial charge in [-0.1, -0.05) is 26.0 Å². The lowest BCUT2D eigenvalue weighted by Crippen LogP contribution is -2.59. The van der Waals surface area contributed by atoms with Crippen molar-refractivity contribution in [2.75, 3.05) is 0 Å². The van der Waals surface area contributed by atoms with E-state index in [1.165, 1.54) is 13.0 Å². The number of phenolic OH excluding ortho intramolecular Hbond substituents is 1. The first-order chi connectivity index (χ1) is 13.5. The molecule has 1 aromatic carbocycles. The van der Waals surface area contributed by atoms with Gasteiger partial charge in [-0.15, -0.1) is 0 Å². The number of primary amides is 1. The second-order valence-corrected chi connectivity index (χ2v) is 8.08. The van der Waals surface area contributed by atoms with Gasteiger partial charge in [-0.25, -0.2) is 0 Å². The SMILES string of the molecule is C[C@@H]1C(O)=C(C(N)=O)C(=O)[C@@]2(O)C(O)=C3C(=O)c4c(O)cccc4[C@@H](C)[C@H]3C[C@@H]12. The van der Waals surface area contributed by atoms with Gasteiger partial charge >= 0.3 is 0 Å². The predicted octanol–water partition coefficient (Wildman–Crippen LogP) is 1.39. The number of Topliss-reactive ketones (excluding diaryl/α,β-unsaturated/α-hetero) is 2. The van der Waals surface area contributed by atoms with Gasteiger partial charge in [0.05, 0.1) is 5.56 Å². The molecule has 0 unspecified atom stereocenters. The lowest BCUT2D eigenvalue weighted by atomic mass is 9.56. The molecule has 3 aliphatic carbocycles. The third-order valence-electron chi connectivity index (χ3n) is 6.78. The molecular weight excluding hydrogens is 378 g/mol. The highest BCUT2D eigenvalue weighted by atomic mass is 16.3. The topological polar surface area (TPSA) is 158 Å². The number of hydrogen-bond donors (Lipinski definition) is 5. The molecule has 8 nitrogen and oxygen atoms in total. The standard InChI is InChI=1S/C21H21NO7/c1-7-9-4-3-5-12(23)13(9)17(25)14-10(7)6-11-8(2)16(24)15(20(22)28)19(27)21(11,29)18(14)26/h3-5,7-8,10-11,23-24,26,29H,6H2,1-2H3,(H2,22,28)/t7-,8+,10-,11+,21+/m1/s1. The highest BCUT2D eigenvalue weighted by Gasteiger charge is 2.62. The van der Waals surface area contributed by atoms with Crippen molar-refractivity contribution in [3.8, 4) is 5.75 Å². The van der Waals surface area contributed by atoms with Crippen molar-refractivity contribution < 1.29 is 34.8 Å². The van der Waals surface area contributed by atoms with Crippen molar-refractivity contribution in [2.45, 2.75) is 31.8 Å². The molecule has 152 valence electrons. The average molecular weight is 399 g/mol. The fourth-order valence-corrected chi connectivity index (χ4v) is 5.19. The van der Waals surface area contributed by atoms with Crippen LogP contribution in [0.15, 0.2) is 40.9 Å². The molecule has 0 saturated heterocycles. The molecule has 0 aliphatic heterocycles. The van der Waals surface area contributed by atoms with E-state index in [9.17, 15) is 34.8 Å². The van der Waals surface area contributed by atoms with Crippen molar-refractivity contribution in [3.05, 3.63) is 52.0 Å². The van der Waals surface area contributed by atoms with Crippen LogP contribution in [0, 0.1) is 17.8 Å². The van der Waals surface area contributed by atoms with Crippen LogP contribution in [-0.4, -0.2) is 43.5 Å². The van der Waals surface area contributed by atoms with E-state index in [1.54, 1.807) is 12.1 Å². The number of allylic oxidation sites excluding steroid dienone is 2. The summed E-state index contributed by atoms with van der Waals surface area (Å²) in [4.78, 5) is 37.8. The minimum atomic E-state index is -2.56. The Hall–Kier alpha value is -3.13. The molecule has 29 heavy (non-hydrogen) atoms. The monoisotopic (exact) mass is 399 g/mol. The largest absolute Gasteiger partial charge is 0.511 e. The average Bonchev–Trinajstić information content (AvgIpc) is 2.66. The van der Waals surface area contributed by atoms with Crippen molar-refractivity contribution in [2.24, 2.45) is 23.5 Å². The number of amides is 1. The first kappa shape index (κ1) is 19.2. The lowest BCUT2D eigenvalue weighted by molar-refractivity contribution is -0.147. The second-order valence-electron chi connectivity index (χ2n) is 8.08. The molecule has 5 atom stereocenters. The number of benzene rings is 1. The summed E-state index contributed by atoms with van der Waals surface area (Å²) >= 11 is 0. The number of phenols is 1. The van der Waals surface area contributed by atoms with Crippen molar-refractivity contribution in [1.29, 1.82) is 0 Å². The summed E-state index contributed by atoms with van der Waals surface area (Å²) in [5.41, 5.74) is 2.35. The Morgan fingerprint density at radius 2 is 1.79 bits per heavy atom. The summed E-state index contributed by atoms with van der Waals surface area (Å²) in [5, 5.41) is 42.8. The number of aliphatic hydroxyl groups excluding tert-OH is 2. The molecule has 0 spiro atoms. The molecule has 8 heteroatoms. The number of nitrogens with two attached hydrogens (primary N) is 1. The maximum Gasteiger partial charge on any atom is 0.255 e. The van der Waals surface area contributed by atoms with Gasteiger partial charge in [0.1, 0.15) is 22.8 Å². The van der Waals surface area contributed by atoms with Crippen LogP contribution in [0.4, 0.5) is 0 Å². The summed E-state index contributed by atoms with van der Waals surface area (Å²) in [7, 11) is 0. The van der Waals surface area contributed by atoms with E-state index >= 15 is 0 Å². The zero-order valence-electron chi connectivity index (χ0n) is 15.8. The van der Waals surface area contributed by atoms with Crippen LogP contribution in [0.25, 0.3) is 0 Å². The third kappa shape index (κ3) is 2.20. The first-order valence-corrected chi connectivity index (χ1v) is 9.33. The van der Waals surface area contributed by atoms with Crippen LogP contribution in [-0.2, 0) is 9.59 Å². The normalized spacial score (nSPS) is 33.9. The van der Waals surface area contributed by atoms with Crippen LogP contribution in [0.5, 0.6) is 5.75 Å². The van der Waals surface area contributed by atoms with Crippen LogP contribution >= 0.6 is 0 Å². The summed E-state index contributed by atoms with van der Waals surface area (Å²) in [6, 6.07) is 4.68. The van der Waals surface area contributed by atoms with Gasteiger partial charge in [-0.3, -0.25) is 14.4 Å². The van der Waals surface area contributed by atoms with Crippen LogP contribution in [0.1, 0.15) is 42.1 Å². The fraction of sp³-hybridized carbons (Fsp3) is 0.381. The Kier molecular flexibility index (Phi) is 3.93. The number of carbonyl (C=O) groups is 3. The number of ketones is 2. The molecular formula is C21H21NO7. The van der Waals surface area contributed by atoms with E-state index in [2.05, 4.69) is 0 Å².